The van der Waals surface area contributed by atoms with Gasteiger partial charge in [-0.2, -0.15) is 5.26 Å². The number of nitrogens with zero attached hydrogens (tertiary/aromatic N) is 1. The lowest BCUT2D eigenvalue weighted by Gasteiger charge is -2.07. The van der Waals surface area contributed by atoms with Crippen LogP contribution >= 0.6 is 45.8 Å². The highest BCUT2D eigenvalue weighted by Gasteiger charge is 2.07. The Hall–Kier alpha value is -1.75. The zero-order chi connectivity index (χ0) is 17.7. The Bertz CT molecular complexity index is 859. The fourth-order valence-corrected chi connectivity index (χ4v) is 2.87. The van der Waals surface area contributed by atoms with Gasteiger partial charge in [-0.1, -0.05) is 35.3 Å². The van der Waals surface area contributed by atoms with Gasteiger partial charge in [0.05, 0.1) is 25.3 Å². The maximum Gasteiger partial charge on any atom is 0.341 e. The monoisotopic (exact) mass is 473 g/mol. The average Bonchev–Trinajstić information content (AvgIpc) is 2.54. The number of aliphatic carboxylic acids is 1. The van der Waals surface area contributed by atoms with Crippen LogP contribution in [0.25, 0.3) is 11.6 Å². The summed E-state index contributed by atoms with van der Waals surface area (Å²) in [5.41, 5.74) is 1.88. The lowest BCUT2D eigenvalue weighted by Crippen LogP contribution is -2.10. The molecule has 0 saturated heterocycles. The molecule has 4 nitrogen and oxygen atoms in total. The van der Waals surface area contributed by atoms with Crippen molar-refractivity contribution in [2.45, 2.75) is 0 Å². The average molecular weight is 474 g/mol. The van der Waals surface area contributed by atoms with E-state index in [1.54, 1.807) is 42.5 Å². The van der Waals surface area contributed by atoms with E-state index in [9.17, 15) is 10.1 Å². The molecule has 1 N–H and O–H groups in total. The van der Waals surface area contributed by atoms with Crippen LogP contribution in [0.5, 0.6) is 5.75 Å². The first-order valence-electron chi connectivity index (χ1n) is 6.62. The number of ether oxygens (including phenoxy) is 1. The van der Waals surface area contributed by atoms with Crippen LogP contribution in [0.2, 0.25) is 10.0 Å². The number of nitriles is 1. The fourth-order valence-electron chi connectivity index (χ4n) is 1.87. The van der Waals surface area contributed by atoms with E-state index in [1.165, 1.54) is 0 Å². The molecule has 2 aromatic carbocycles. The summed E-state index contributed by atoms with van der Waals surface area (Å²) in [6.45, 7) is -0.405. The Morgan fingerprint density at radius 3 is 2.58 bits per heavy atom. The molecule has 0 aliphatic heterocycles. The lowest BCUT2D eigenvalue weighted by atomic mass is 10.0. The minimum atomic E-state index is -1.04. The summed E-state index contributed by atoms with van der Waals surface area (Å²) in [5.74, 6) is -0.565. The Balaban J connectivity index is 2.31. The number of benzene rings is 2. The number of hydrogen-bond donors (Lipinski definition) is 1. The largest absolute Gasteiger partial charge is 0.481 e. The van der Waals surface area contributed by atoms with Crippen molar-refractivity contribution in [1.29, 1.82) is 5.26 Å². The molecule has 24 heavy (non-hydrogen) atoms. The second kappa shape index (κ2) is 8.38. The van der Waals surface area contributed by atoms with E-state index >= 15 is 0 Å². The van der Waals surface area contributed by atoms with Crippen molar-refractivity contribution in [1.82, 2.24) is 0 Å². The lowest BCUT2D eigenvalue weighted by molar-refractivity contribution is -0.139. The number of halogens is 3. The number of carboxylic acid groups (broad SMARTS) is 1. The minimum absolute atomic E-state index is 0.377. The van der Waals surface area contributed by atoms with E-state index in [1.807, 2.05) is 22.6 Å². The topological polar surface area (TPSA) is 70.3 Å². The van der Waals surface area contributed by atoms with Crippen LogP contribution in [0, 0.1) is 14.9 Å². The van der Waals surface area contributed by atoms with Crippen LogP contribution in [0.15, 0.2) is 36.4 Å². The zero-order valence-electron chi connectivity index (χ0n) is 12.1. The zero-order valence-corrected chi connectivity index (χ0v) is 15.8. The van der Waals surface area contributed by atoms with Crippen molar-refractivity contribution in [3.63, 3.8) is 0 Å². The molecule has 122 valence electrons. The third-order valence-electron chi connectivity index (χ3n) is 2.97. The number of allylic oxidation sites excluding steroid dienone is 1. The van der Waals surface area contributed by atoms with Crippen LogP contribution in [0.4, 0.5) is 0 Å². The van der Waals surface area contributed by atoms with Gasteiger partial charge in [0.25, 0.3) is 0 Å². The molecule has 0 aliphatic carbocycles. The Labute approximate surface area is 162 Å². The van der Waals surface area contributed by atoms with Crippen LogP contribution in [-0.4, -0.2) is 17.7 Å². The molecule has 2 rings (SSSR count). The van der Waals surface area contributed by atoms with Gasteiger partial charge in [-0.25, -0.2) is 4.79 Å². The fraction of sp³-hybridized carbons (Fsp3) is 0.0588. The van der Waals surface area contributed by atoms with Crippen molar-refractivity contribution < 1.29 is 14.6 Å². The van der Waals surface area contributed by atoms with Crippen molar-refractivity contribution in [3.8, 4) is 11.8 Å². The smallest absolute Gasteiger partial charge is 0.341 e. The molecule has 0 unspecified atom stereocenters. The first-order valence-corrected chi connectivity index (χ1v) is 8.45. The summed E-state index contributed by atoms with van der Waals surface area (Å²) in [5, 5.41) is 18.8. The molecule has 0 saturated carbocycles. The van der Waals surface area contributed by atoms with Gasteiger partial charge in [-0.05, 0) is 64.1 Å². The molecule has 0 heterocycles. The summed E-state index contributed by atoms with van der Waals surface area (Å²) in [6.07, 6.45) is 1.71. The molecule has 0 atom stereocenters. The van der Waals surface area contributed by atoms with Gasteiger partial charge < -0.3 is 9.84 Å². The molecule has 0 aromatic heterocycles. The van der Waals surface area contributed by atoms with Gasteiger partial charge in [-0.3, -0.25) is 0 Å². The third-order valence-corrected chi connectivity index (χ3v) is 4.55. The van der Waals surface area contributed by atoms with E-state index in [2.05, 4.69) is 6.07 Å². The quantitative estimate of drug-likeness (QED) is 0.371. The van der Waals surface area contributed by atoms with Gasteiger partial charge in [0.15, 0.2) is 6.61 Å². The van der Waals surface area contributed by atoms with Crippen molar-refractivity contribution >= 4 is 63.4 Å². The van der Waals surface area contributed by atoms with Crippen LogP contribution < -0.4 is 4.74 Å². The molecular formula is C17H10Cl2INO3. The predicted octanol–water partition coefficient (Wildman–Crippen LogP) is 5.13. The van der Waals surface area contributed by atoms with Gasteiger partial charge >= 0.3 is 5.97 Å². The number of carboxylic acids is 1. The van der Waals surface area contributed by atoms with Crippen LogP contribution in [0.1, 0.15) is 11.1 Å². The first-order chi connectivity index (χ1) is 11.4. The second-order valence-corrected chi connectivity index (χ2v) is 6.65. The highest BCUT2D eigenvalue weighted by atomic mass is 127. The van der Waals surface area contributed by atoms with Crippen molar-refractivity contribution in [3.05, 3.63) is 61.1 Å². The molecule has 0 fully saturated rings. The Morgan fingerprint density at radius 2 is 2.00 bits per heavy atom. The normalized spacial score (nSPS) is 11.0. The summed E-state index contributed by atoms with van der Waals surface area (Å²) < 4.78 is 5.92. The van der Waals surface area contributed by atoms with E-state index in [0.717, 1.165) is 9.13 Å². The highest BCUT2D eigenvalue weighted by molar-refractivity contribution is 14.1. The standard InChI is InChI=1S/C17H10Cl2INO3/c18-13-3-2-11(7-14(13)19)12(8-21)5-10-1-4-16(15(20)6-10)24-9-17(22)23/h1-7H,9H2,(H,22,23)/b12-5-. The molecule has 0 spiro atoms. The summed E-state index contributed by atoms with van der Waals surface area (Å²) in [7, 11) is 0. The molecular weight excluding hydrogens is 464 g/mol. The number of carbonyl (C=O) groups is 1. The van der Waals surface area contributed by atoms with Crippen LogP contribution in [-0.2, 0) is 4.79 Å². The summed E-state index contributed by atoms with van der Waals surface area (Å²) >= 11 is 13.9. The van der Waals surface area contributed by atoms with Crippen LogP contribution in [0.3, 0.4) is 0 Å². The van der Waals surface area contributed by atoms with Gasteiger partial charge in [0.1, 0.15) is 5.75 Å². The highest BCUT2D eigenvalue weighted by Crippen LogP contribution is 2.28. The number of hydrogen-bond acceptors (Lipinski definition) is 3. The van der Waals surface area contributed by atoms with Gasteiger partial charge in [0.2, 0.25) is 0 Å². The molecule has 0 aliphatic rings. The molecule has 7 heteroatoms. The van der Waals surface area contributed by atoms with Gasteiger partial charge in [0, 0.05) is 0 Å². The summed E-state index contributed by atoms with van der Waals surface area (Å²) in [4.78, 5) is 10.6. The first kappa shape index (κ1) is 18.6. The Kier molecular flexibility index (Phi) is 6.49. The summed E-state index contributed by atoms with van der Waals surface area (Å²) in [6, 6.07) is 12.3. The molecule has 2 aromatic rings. The van der Waals surface area contributed by atoms with Crippen molar-refractivity contribution in [2.24, 2.45) is 0 Å². The van der Waals surface area contributed by atoms with E-state index in [4.69, 9.17) is 33.0 Å². The molecule has 0 amide bonds. The van der Waals surface area contributed by atoms with E-state index in [-0.39, 0.29) is 0 Å². The van der Waals surface area contributed by atoms with E-state index < -0.39 is 12.6 Å². The minimum Gasteiger partial charge on any atom is -0.481 e. The van der Waals surface area contributed by atoms with Gasteiger partial charge in [-0.15, -0.1) is 0 Å². The molecule has 0 radical (unpaired) electrons. The maximum absolute atomic E-state index is 10.6. The molecule has 0 bridgehead atoms. The maximum atomic E-state index is 10.6. The Morgan fingerprint density at radius 1 is 1.25 bits per heavy atom. The predicted molar refractivity (Wildman–Crippen MR) is 102 cm³/mol. The SMILES string of the molecule is N#C/C(=C/c1ccc(OCC(=O)O)c(I)c1)c1ccc(Cl)c(Cl)c1. The third kappa shape index (κ3) is 4.87. The van der Waals surface area contributed by atoms with E-state index in [0.29, 0.717) is 26.9 Å². The van der Waals surface area contributed by atoms with Crippen molar-refractivity contribution in [2.75, 3.05) is 6.61 Å². The second-order valence-electron chi connectivity index (χ2n) is 4.67. The number of rotatable bonds is 5.